The number of halogens is 2. The molecule has 6 heteroatoms. The lowest BCUT2D eigenvalue weighted by molar-refractivity contribution is 0.413. The molecule has 20 heavy (non-hydrogen) atoms. The van der Waals surface area contributed by atoms with Crippen molar-refractivity contribution in [2.75, 3.05) is 7.11 Å². The van der Waals surface area contributed by atoms with Crippen molar-refractivity contribution in [1.29, 1.82) is 0 Å². The van der Waals surface area contributed by atoms with E-state index in [0.717, 1.165) is 26.2 Å². The van der Waals surface area contributed by atoms with Gasteiger partial charge >= 0.3 is 0 Å². The Bertz CT molecular complexity index is 803. The molecule has 2 heterocycles. The summed E-state index contributed by atoms with van der Waals surface area (Å²) < 4.78 is 19.5. The first-order valence-electron chi connectivity index (χ1n) is 5.85. The first-order chi connectivity index (χ1) is 9.60. The van der Waals surface area contributed by atoms with E-state index in [1.165, 1.54) is 19.2 Å². The molecule has 1 aromatic carbocycles. The molecule has 0 amide bonds. The van der Waals surface area contributed by atoms with Gasteiger partial charge in [-0.05, 0) is 30.7 Å². The number of aromatic nitrogens is 2. The Kier molecular flexibility index (Phi) is 3.31. The van der Waals surface area contributed by atoms with Crippen LogP contribution in [0.1, 0.15) is 4.88 Å². The third kappa shape index (κ3) is 2.13. The monoisotopic (exact) mass is 308 g/mol. The summed E-state index contributed by atoms with van der Waals surface area (Å²) in [6, 6.07) is 4.46. The van der Waals surface area contributed by atoms with Crippen molar-refractivity contribution >= 4 is 33.2 Å². The number of benzene rings is 1. The van der Waals surface area contributed by atoms with Crippen molar-refractivity contribution < 1.29 is 9.13 Å². The molecule has 0 saturated carbocycles. The summed E-state index contributed by atoms with van der Waals surface area (Å²) in [5.74, 6) is 0.137. The van der Waals surface area contributed by atoms with Crippen LogP contribution in [-0.4, -0.2) is 17.1 Å². The maximum atomic E-state index is 13.3. The van der Waals surface area contributed by atoms with Crippen LogP contribution in [0, 0.1) is 12.7 Å². The summed E-state index contributed by atoms with van der Waals surface area (Å²) in [6.45, 7) is 1.98. The van der Waals surface area contributed by atoms with Crippen molar-refractivity contribution in [2.45, 2.75) is 6.92 Å². The minimum absolute atomic E-state index is 0.192. The zero-order valence-corrected chi connectivity index (χ0v) is 12.3. The fourth-order valence-corrected chi connectivity index (χ4v) is 3.30. The first-order valence-corrected chi connectivity index (χ1v) is 7.05. The van der Waals surface area contributed by atoms with E-state index in [1.54, 1.807) is 23.6 Å². The standard InChI is InChI=1S/C14H10ClFN2OS/c1-7-12(9-4-3-8(16)5-10(9)19-2)13-11(20-7)6-17-14(15)18-13/h3-6H,1-2H3. The Morgan fingerprint density at radius 3 is 2.90 bits per heavy atom. The van der Waals surface area contributed by atoms with Gasteiger partial charge in [-0.15, -0.1) is 11.3 Å². The van der Waals surface area contributed by atoms with Gasteiger partial charge in [0.2, 0.25) is 5.28 Å². The number of hydrogen-bond donors (Lipinski definition) is 0. The number of ether oxygens (including phenoxy) is 1. The molecule has 0 atom stereocenters. The van der Waals surface area contributed by atoms with Gasteiger partial charge in [-0.2, -0.15) is 0 Å². The summed E-state index contributed by atoms with van der Waals surface area (Å²) in [7, 11) is 1.52. The summed E-state index contributed by atoms with van der Waals surface area (Å²) in [6.07, 6.45) is 1.70. The molecule has 0 aliphatic rings. The molecular weight excluding hydrogens is 299 g/mol. The summed E-state index contributed by atoms with van der Waals surface area (Å²) in [5.41, 5.74) is 2.47. The molecule has 3 rings (SSSR count). The number of nitrogens with zero attached hydrogens (tertiary/aromatic N) is 2. The Balaban J connectivity index is 2.34. The molecule has 0 fully saturated rings. The fraction of sp³-hybridized carbons (Fsp3) is 0.143. The van der Waals surface area contributed by atoms with Crippen molar-refractivity contribution in [3.05, 3.63) is 40.4 Å². The highest BCUT2D eigenvalue weighted by molar-refractivity contribution is 7.19. The molecule has 0 N–H and O–H groups in total. The van der Waals surface area contributed by atoms with Gasteiger partial charge in [-0.3, -0.25) is 0 Å². The van der Waals surface area contributed by atoms with Crippen molar-refractivity contribution in [3.8, 4) is 16.9 Å². The molecule has 0 spiro atoms. The Labute approximate surface area is 124 Å². The van der Waals surface area contributed by atoms with Crippen LogP contribution in [-0.2, 0) is 0 Å². The summed E-state index contributed by atoms with van der Waals surface area (Å²) >= 11 is 7.45. The molecule has 0 aliphatic carbocycles. The SMILES string of the molecule is COc1cc(F)ccc1-c1c(C)sc2cnc(Cl)nc12. The zero-order valence-electron chi connectivity index (χ0n) is 10.8. The van der Waals surface area contributed by atoms with Crippen LogP contribution < -0.4 is 4.74 Å². The average molecular weight is 309 g/mol. The van der Waals surface area contributed by atoms with E-state index in [9.17, 15) is 4.39 Å². The molecule has 0 radical (unpaired) electrons. The van der Waals surface area contributed by atoms with Crippen molar-refractivity contribution in [2.24, 2.45) is 0 Å². The second kappa shape index (κ2) is 5.00. The van der Waals surface area contributed by atoms with Crippen LogP contribution in [0.4, 0.5) is 4.39 Å². The summed E-state index contributed by atoms with van der Waals surface area (Å²) in [5, 5.41) is 0.192. The minimum Gasteiger partial charge on any atom is -0.496 e. The predicted molar refractivity (Wildman–Crippen MR) is 79.1 cm³/mol. The number of rotatable bonds is 2. The van der Waals surface area contributed by atoms with Crippen molar-refractivity contribution in [3.63, 3.8) is 0 Å². The molecule has 0 aliphatic heterocycles. The number of thiophene rings is 1. The average Bonchev–Trinajstić information content (AvgIpc) is 2.74. The number of hydrogen-bond acceptors (Lipinski definition) is 4. The topological polar surface area (TPSA) is 35.0 Å². The van der Waals surface area contributed by atoms with Gasteiger partial charge in [-0.25, -0.2) is 14.4 Å². The second-order valence-corrected chi connectivity index (χ2v) is 5.82. The minimum atomic E-state index is -0.338. The molecule has 0 saturated heterocycles. The van der Waals surface area contributed by atoms with E-state index < -0.39 is 0 Å². The number of aryl methyl sites for hydroxylation is 1. The quantitative estimate of drug-likeness (QED) is 0.655. The van der Waals surface area contributed by atoms with Gasteiger partial charge in [-0.1, -0.05) is 0 Å². The lowest BCUT2D eigenvalue weighted by Crippen LogP contribution is -1.91. The van der Waals surface area contributed by atoms with E-state index in [0.29, 0.717) is 5.75 Å². The maximum absolute atomic E-state index is 13.3. The third-order valence-corrected chi connectivity index (χ3v) is 4.22. The zero-order chi connectivity index (χ0) is 14.3. The number of methoxy groups -OCH3 is 1. The number of fused-ring (bicyclic) bond motifs is 1. The molecule has 3 aromatic rings. The molecule has 0 bridgehead atoms. The molecule has 3 nitrogen and oxygen atoms in total. The van der Waals surface area contributed by atoms with Crippen LogP contribution in [0.5, 0.6) is 5.75 Å². The molecule has 0 unspecified atom stereocenters. The smallest absolute Gasteiger partial charge is 0.222 e. The van der Waals surface area contributed by atoms with Gasteiger partial charge in [0.15, 0.2) is 0 Å². The highest BCUT2D eigenvalue weighted by Crippen LogP contribution is 2.41. The Morgan fingerprint density at radius 1 is 1.35 bits per heavy atom. The van der Waals surface area contributed by atoms with Gasteiger partial charge in [0.1, 0.15) is 11.6 Å². The van der Waals surface area contributed by atoms with Crippen LogP contribution in [0.3, 0.4) is 0 Å². The molecule has 102 valence electrons. The fourth-order valence-electron chi connectivity index (χ4n) is 2.17. The van der Waals surface area contributed by atoms with Gasteiger partial charge in [0.05, 0.1) is 17.3 Å². The lowest BCUT2D eigenvalue weighted by atomic mass is 10.0. The lowest BCUT2D eigenvalue weighted by Gasteiger charge is -2.08. The van der Waals surface area contributed by atoms with Gasteiger partial charge < -0.3 is 4.74 Å². The van der Waals surface area contributed by atoms with E-state index in [2.05, 4.69) is 9.97 Å². The van der Waals surface area contributed by atoms with Crippen LogP contribution in [0.25, 0.3) is 21.3 Å². The second-order valence-electron chi connectivity index (χ2n) is 4.23. The van der Waals surface area contributed by atoms with Crippen molar-refractivity contribution in [1.82, 2.24) is 9.97 Å². The van der Waals surface area contributed by atoms with Crippen LogP contribution >= 0.6 is 22.9 Å². The normalized spacial score (nSPS) is 11.0. The van der Waals surface area contributed by atoms with Gasteiger partial charge in [0, 0.05) is 28.3 Å². The predicted octanol–water partition coefficient (Wildman–Crippen LogP) is 4.47. The summed E-state index contributed by atoms with van der Waals surface area (Å²) in [4.78, 5) is 9.33. The highest BCUT2D eigenvalue weighted by Gasteiger charge is 2.17. The van der Waals surface area contributed by atoms with E-state index in [1.807, 2.05) is 6.92 Å². The largest absolute Gasteiger partial charge is 0.496 e. The highest BCUT2D eigenvalue weighted by atomic mass is 35.5. The maximum Gasteiger partial charge on any atom is 0.222 e. The van der Waals surface area contributed by atoms with E-state index >= 15 is 0 Å². The van der Waals surface area contributed by atoms with Crippen LogP contribution in [0.15, 0.2) is 24.4 Å². The van der Waals surface area contributed by atoms with E-state index in [-0.39, 0.29) is 11.1 Å². The molecule has 2 aromatic heterocycles. The third-order valence-electron chi connectivity index (χ3n) is 3.01. The van der Waals surface area contributed by atoms with E-state index in [4.69, 9.17) is 16.3 Å². The first kappa shape index (κ1) is 13.3. The van der Waals surface area contributed by atoms with Crippen LogP contribution in [0.2, 0.25) is 5.28 Å². The van der Waals surface area contributed by atoms with Gasteiger partial charge in [0.25, 0.3) is 0 Å². The molecular formula is C14H10ClFN2OS. The Morgan fingerprint density at radius 2 is 2.15 bits per heavy atom. The Hall–Kier alpha value is -1.72.